The third-order valence-electron chi connectivity index (χ3n) is 5.09. The Labute approximate surface area is 142 Å². The van der Waals surface area contributed by atoms with Gasteiger partial charge in [0.25, 0.3) is 0 Å². The lowest BCUT2D eigenvalue weighted by molar-refractivity contribution is 0.558. The number of hydrogen-bond acceptors (Lipinski definition) is 4. The van der Waals surface area contributed by atoms with Gasteiger partial charge in [-0.1, -0.05) is 24.3 Å². The lowest BCUT2D eigenvalue weighted by atomic mass is 9.83. The predicted octanol–water partition coefficient (Wildman–Crippen LogP) is 3.30. The van der Waals surface area contributed by atoms with E-state index in [1.54, 1.807) is 12.3 Å². The van der Waals surface area contributed by atoms with Gasteiger partial charge in [0.05, 0.1) is 10.6 Å². The van der Waals surface area contributed by atoms with Gasteiger partial charge in [-0.25, -0.2) is 8.42 Å². The number of fused-ring (bicyclic) bond motifs is 2. The topological polar surface area (TPSA) is 72.5 Å². The molecule has 4 nitrogen and oxygen atoms in total. The average molecular weight is 340 g/mol. The Kier molecular flexibility index (Phi) is 3.77. The molecule has 0 aromatic heterocycles. The quantitative estimate of drug-likeness (QED) is 0.932. The molecule has 0 radical (unpaired) electrons. The molecule has 1 unspecified atom stereocenters. The number of nitrogens with zero attached hydrogens (tertiary/aromatic N) is 1. The van der Waals surface area contributed by atoms with E-state index in [9.17, 15) is 8.42 Å². The van der Waals surface area contributed by atoms with Gasteiger partial charge in [-0.3, -0.25) is 4.99 Å². The number of rotatable bonds is 3. The second kappa shape index (κ2) is 5.83. The zero-order valence-corrected chi connectivity index (χ0v) is 14.2. The Morgan fingerprint density at radius 3 is 2.79 bits per heavy atom. The SMILES string of the molecule is NC[C@@H]1CCCc2cc(S(=O)(=O)C3C=Nc4ccccc43)ccc21. The molecule has 2 N–H and O–H groups in total. The van der Waals surface area contributed by atoms with Crippen molar-refractivity contribution < 1.29 is 8.42 Å². The van der Waals surface area contributed by atoms with Crippen LogP contribution in [0.25, 0.3) is 0 Å². The van der Waals surface area contributed by atoms with Gasteiger partial charge in [0, 0.05) is 11.8 Å². The van der Waals surface area contributed by atoms with E-state index in [-0.39, 0.29) is 0 Å². The average Bonchev–Trinajstić information content (AvgIpc) is 3.05. The number of hydrogen-bond donors (Lipinski definition) is 1. The molecule has 0 saturated heterocycles. The van der Waals surface area contributed by atoms with Crippen molar-refractivity contribution in [2.45, 2.75) is 35.3 Å². The van der Waals surface area contributed by atoms with E-state index in [1.165, 1.54) is 5.56 Å². The van der Waals surface area contributed by atoms with Crippen molar-refractivity contribution in [3.05, 3.63) is 59.2 Å². The van der Waals surface area contributed by atoms with Crippen molar-refractivity contribution in [1.29, 1.82) is 0 Å². The highest BCUT2D eigenvalue weighted by Crippen LogP contribution is 2.39. The van der Waals surface area contributed by atoms with Crippen LogP contribution in [0.15, 0.2) is 52.4 Å². The summed E-state index contributed by atoms with van der Waals surface area (Å²) in [6.07, 6.45) is 4.61. The second-order valence-corrected chi connectivity index (χ2v) is 8.56. The van der Waals surface area contributed by atoms with E-state index in [0.29, 0.717) is 17.4 Å². The summed E-state index contributed by atoms with van der Waals surface area (Å²) in [6, 6.07) is 13.0. The maximum atomic E-state index is 13.1. The molecule has 5 heteroatoms. The fourth-order valence-corrected chi connectivity index (χ4v) is 5.39. The van der Waals surface area contributed by atoms with Crippen LogP contribution < -0.4 is 5.73 Å². The summed E-state index contributed by atoms with van der Waals surface area (Å²) in [6.45, 7) is 0.613. The highest BCUT2D eigenvalue weighted by Gasteiger charge is 2.33. The smallest absolute Gasteiger partial charge is 0.190 e. The minimum absolute atomic E-state index is 0.347. The summed E-state index contributed by atoms with van der Waals surface area (Å²) in [4.78, 5) is 4.65. The maximum Gasteiger partial charge on any atom is 0.190 e. The molecule has 2 aliphatic rings. The van der Waals surface area contributed by atoms with Crippen LogP contribution in [0.1, 0.15) is 40.7 Å². The molecule has 4 rings (SSSR count). The first-order chi connectivity index (χ1) is 11.6. The summed E-state index contributed by atoms with van der Waals surface area (Å²) in [5.41, 5.74) is 9.70. The molecule has 0 spiro atoms. The van der Waals surface area contributed by atoms with E-state index in [0.717, 1.165) is 36.1 Å². The van der Waals surface area contributed by atoms with Gasteiger partial charge in [0.2, 0.25) is 0 Å². The minimum atomic E-state index is -3.49. The Bertz CT molecular complexity index is 919. The fraction of sp³-hybridized carbons (Fsp3) is 0.316. The molecule has 0 bridgehead atoms. The first-order valence-electron chi connectivity index (χ1n) is 8.31. The van der Waals surface area contributed by atoms with Crippen LogP contribution in [0.5, 0.6) is 0 Å². The largest absolute Gasteiger partial charge is 0.330 e. The monoisotopic (exact) mass is 340 g/mol. The Balaban J connectivity index is 1.75. The molecule has 2 atom stereocenters. The van der Waals surface area contributed by atoms with E-state index in [1.807, 2.05) is 36.4 Å². The van der Waals surface area contributed by atoms with Crippen molar-refractivity contribution in [3.8, 4) is 0 Å². The number of aryl methyl sites for hydroxylation is 1. The van der Waals surface area contributed by atoms with Crippen LogP contribution in [0.2, 0.25) is 0 Å². The van der Waals surface area contributed by atoms with Crippen molar-refractivity contribution in [1.82, 2.24) is 0 Å². The first kappa shape index (κ1) is 15.5. The molecule has 0 amide bonds. The highest BCUT2D eigenvalue weighted by atomic mass is 32.2. The molecule has 1 heterocycles. The third-order valence-corrected chi connectivity index (χ3v) is 7.05. The fourth-order valence-electron chi connectivity index (χ4n) is 3.78. The molecule has 1 aliphatic carbocycles. The van der Waals surface area contributed by atoms with E-state index < -0.39 is 15.1 Å². The van der Waals surface area contributed by atoms with Gasteiger partial charge in [-0.15, -0.1) is 0 Å². The van der Waals surface area contributed by atoms with Crippen LogP contribution in [0.4, 0.5) is 5.69 Å². The van der Waals surface area contributed by atoms with Crippen LogP contribution >= 0.6 is 0 Å². The third kappa shape index (κ3) is 2.39. The summed E-state index contributed by atoms with van der Waals surface area (Å²) >= 11 is 0. The number of para-hydroxylation sites is 1. The first-order valence-corrected chi connectivity index (χ1v) is 9.86. The summed E-state index contributed by atoms with van der Waals surface area (Å²) in [5, 5.41) is -0.694. The summed E-state index contributed by atoms with van der Waals surface area (Å²) in [7, 11) is -3.49. The number of nitrogens with two attached hydrogens (primary N) is 1. The Hall–Kier alpha value is -1.98. The molecule has 2 aromatic rings. The zero-order valence-electron chi connectivity index (χ0n) is 13.4. The number of benzene rings is 2. The summed E-state index contributed by atoms with van der Waals surface area (Å²) in [5.74, 6) is 0.347. The van der Waals surface area contributed by atoms with E-state index in [4.69, 9.17) is 5.73 Å². The maximum absolute atomic E-state index is 13.1. The zero-order chi connectivity index (χ0) is 16.7. The summed E-state index contributed by atoms with van der Waals surface area (Å²) < 4.78 is 26.2. The van der Waals surface area contributed by atoms with Crippen LogP contribution in [0.3, 0.4) is 0 Å². The lowest BCUT2D eigenvalue weighted by Crippen LogP contribution is -2.19. The molecular weight excluding hydrogens is 320 g/mol. The number of sulfone groups is 1. The minimum Gasteiger partial charge on any atom is -0.330 e. The van der Waals surface area contributed by atoms with Crippen LogP contribution in [-0.2, 0) is 16.3 Å². The van der Waals surface area contributed by atoms with E-state index >= 15 is 0 Å². The van der Waals surface area contributed by atoms with Crippen molar-refractivity contribution in [3.63, 3.8) is 0 Å². The Morgan fingerprint density at radius 2 is 1.96 bits per heavy atom. The molecule has 24 heavy (non-hydrogen) atoms. The van der Waals surface area contributed by atoms with Gasteiger partial charge >= 0.3 is 0 Å². The molecular formula is C19H20N2O2S. The molecule has 1 aliphatic heterocycles. The van der Waals surface area contributed by atoms with Crippen molar-refractivity contribution in [2.24, 2.45) is 10.7 Å². The molecule has 0 saturated carbocycles. The molecule has 2 aromatic carbocycles. The van der Waals surface area contributed by atoms with Gasteiger partial charge in [-0.2, -0.15) is 0 Å². The van der Waals surface area contributed by atoms with Crippen molar-refractivity contribution >= 4 is 21.7 Å². The molecule has 0 fully saturated rings. The van der Waals surface area contributed by atoms with Gasteiger partial charge in [0.1, 0.15) is 5.25 Å². The Morgan fingerprint density at radius 1 is 1.12 bits per heavy atom. The molecule has 124 valence electrons. The van der Waals surface area contributed by atoms with Gasteiger partial charge in [0.15, 0.2) is 9.84 Å². The number of aliphatic imine (C=N–C) groups is 1. The van der Waals surface area contributed by atoms with Crippen LogP contribution in [-0.4, -0.2) is 21.2 Å². The highest BCUT2D eigenvalue weighted by molar-refractivity contribution is 7.92. The normalized spacial score (nSPS) is 22.2. The van der Waals surface area contributed by atoms with Crippen LogP contribution in [0, 0.1) is 0 Å². The predicted molar refractivity (Wildman–Crippen MR) is 95.7 cm³/mol. The van der Waals surface area contributed by atoms with Gasteiger partial charge < -0.3 is 5.73 Å². The van der Waals surface area contributed by atoms with Gasteiger partial charge in [-0.05, 0) is 61.1 Å². The second-order valence-electron chi connectivity index (χ2n) is 6.49. The lowest BCUT2D eigenvalue weighted by Gasteiger charge is -2.25. The van der Waals surface area contributed by atoms with E-state index in [2.05, 4.69) is 4.99 Å². The van der Waals surface area contributed by atoms with Crippen molar-refractivity contribution in [2.75, 3.05) is 6.54 Å². The standard InChI is InChI=1S/C19H20N2O2S/c20-11-14-5-3-4-13-10-15(8-9-16(13)14)24(22,23)19-12-21-18-7-2-1-6-17(18)19/h1-2,6-10,12,14,19H,3-5,11,20H2/t14-,19?/m0/s1.